The molecule has 1 unspecified atom stereocenters. The average Bonchev–Trinajstić information content (AvgIpc) is 2.65. The maximum absolute atomic E-state index is 12.6. The Bertz CT molecular complexity index is 706. The summed E-state index contributed by atoms with van der Waals surface area (Å²) in [6.07, 6.45) is -4.26. The summed E-state index contributed by atoms with van der Waals surface area (Å²) in [5.74, 6) is 0. The second-order valence-electron chi connectivity index (χ2n) is 3.93. The molecular formula is C13H9F3LiP. The van der Waals surface area contributed by atoms with E-state index in [1.54, 1.807) is 6.07 Å². The monoisotopic (exact) mass is 260 g/mol. The molecule has 18 heavy (non-hydrogen) atoms. The number of rotatable bonds is 0. The van der Waals surface area contributed by atoms with Crippen molar-refractivity contribution in [3.05, 3.63) is 48.0 Å². The summed E-state index contributed by atoms with van der Waals surface area (Å²) in [7, 11) is 0.326. The Kier molecular flexibility index (Phi) is 3.51. The number of halogens is 3. The number of fused-ring (bicyclic) bond motifs is 3. The fourth-order valence-corrected chi connectivity index (χ4v) is 3.43. The summed E-state index contributed by atoms with van der Waals surface area (Å²) in [5, 5.41) is 3.92. The van der Waals surface area contributed by atoms with Crippen molar-refractivity contribution in [2.24, 2.45) is 0 Å². The standard InChI is InChI=1S/C13H8F3P.Li.H/c14-13(15,16)8-5-6-10-9-3-1-2-4-11(9)17-12(10)7-8;;/h1-7,17H;;/q;+1;-1. The first-order valence-electron chi connectivity index (χ1n) is 5.13. The Hall–Kier alpha value is -0.873. The summed E-state index contributed by atoms with van der Waals surface area (Å²) >= 11 is 0. The van der Waals surface area contributed by atoms with Gasteiger partial charge in [0.1, 0.15) is 0 Å². The van der Waals surface area contributed by atoms with E-state index in [0.29, 0.717) is 8.19 Å². The van der Waals surface area contributed by atoms with Gasteiger partial charge in [-0.3, -0.25) is 0 Å². The molecule has 0 bridgehead atoms. The van der Waals surface area contributed by atoms with Crippen LogP contribution in [0.25, 0.3) is 21.0 Å². The summed E-state index contributed by atoms with van der Waals surface area (Å²) < 4.78 is 37.8. The minimum Gasteiger partial charge on any atom is -1.00 e. The van der Waals surface area contributed by atoms with Crippen LogP contribution in [-0.2, 0) is 6.18 Å². The largest absolute Gasteiger partial charge is 1.00 e. The molecule has 0 N–H and O–H groups in total. The molecule has 0 aliphatic carbocycles. The van der Waals surface area contributed by atoms with Gasteiger partial charge in [-0.25, -0.2) is 0 Å². The summed E-state index contributed by atoms with van der Waals surface area (Å²) in [6, 6.07) is 11.8. The molecule has 0 radical (unpaired) electrons. The van der Waals surface area contributed by atoms with Gasteiger partial charge in [0.2, 0.25) is 0 Å². The van der Waals surface area contributed by atoms with E-state index >= 15 is 0 Å². The fourth-order valence-electron chi connectivity index (χ4n) is 2.03. The van der Waals surface area contributed by atoms with Crippen molar-refractivity contribution in [3.8, 4) is 0 Å². The van der Waals surface area contributed by atoms with E-state index in [0.717, 1.165) is 27.1 Å². The predicted molar refractivity (Wildman–Crippen MR) is 67.1 cm³/mol. The molecule has 2 aromatic carbocycles. The first-order valence-corrected chi connectivity index (χ1v) is 6.13. The van der Waals surface area contributed by atoms with Crippen LogP contribution < -0.4 is 18.9 Å². The van der Waals surface area contributed by atoms with Gasteiger partial charge in [0.15, 0.2) is 0 Å². The normalized spacial score (nSPS) is 12.2. The molecule has 88 valence electrons. The average molecular weight is 260 g/mol. The molecule has 1 aromatic heterocycles. The van der Waals surface area contributed by atoms with Gasteiger partial charge in [0.05, 0.1) is 5.56 Å². The topological polar surface area (TPSA) is 0 Å². The van der Waals surface area contributed by atoms with Gasteiger partial charge < -0.3 is 1.43 Å². The third-order valence-electron chi connectivity index (χ3n) is 2.83. The van der Waals surface area contributed by atoms with Crippen LogP contribution in [0, 0.1) is 0 Å². The van der Waals surface area contributed by atoms with Crippen molar-refractivity contribution in [2.75, 3.05) is 0 Å². The van der Waals surface area contributed by atoms with Gasteiger partial charge in [-0.1, -0.05) is 30.3 Å². The molecule has 0 fully saturated rings. The molecular weight excluding hydrogens is 251 g/mol. The minimum atomic E-state index is -4.26. The Morgan fingerprint density at radius 2 is 1.56 bits per heavy atom. The number of benzene rings is 2. The van der Waals surface area contributed by atoms with Crippen molar-refractivity contribution >= 4 is 29.2 Å². The van der Waals surface area contributed by atoms with Crippen LogP contribution in [0.2, 0.25) is 0 Å². The molecule has 3 aromatic rings. The van der Waals surface area contributed by atoms with Gasteiger partial charge in [-0.15, -0.1) is 8.19 Å². The van der Waals surface area contributed by atoms with Crippen LogP contribution in [0.4, 0.5) is 13.2 Å². The van der Waals surface area contributed by atoms with E-state index in [4.69, 9.17) is 0 Å². The van der Waals surface area contributed by atoms with Crippen LogP contribution in [-0.4, -0.2) is 0 Å². The number of alkyl halides is 3. The van der Waals surface area contributed by atoms with Crippen molar-refractivity contribution in [1.82, 2.24) is 0 Å². The molecule has 0 aliphatic heterocycles. The van der Waals surface area contributed by atoms with Crippen molar-refractivity contribution in [1.29, 1.82) is 0 Å². The zero-order valence-electron chi connectivity index (χ0n) is 10.7. The van der Waals surface area contributed by atoms with Gasteiger partial charge in [0.25, 0.3) is 0 Å². The summed E-state index contributed by atoms with van der Waals surface area (Å²) in [4.78, 5) is 0. The molecule has 0 spiro atoms. The van der Waals surface area contributed by atoms with Gasteiger partial charge in [-0.05, 0) is 33.1 Å². The molecule has 1 heterocycles. The third-order valence-corrected chi connectivity index (χ3v) is 4.22. The van der Waals surface area contributed by atoms with Crippen molar-refractivity contribution < 1.29 is 33.5 Å². The third kappa shape index (κ3) is 2.19. The van der Waals surface area contributed by atoms with Crippen LogP contribution in [0.5, 0.6) is 0 Å². The Morgan fingerprint density at radius 1 is 0.889 bits per heavy atom. The van der Waals surface area contributed by atoms with Crippen LogP contribution in [0.15, 0.2) is 42.5 Å². The molecule has 5 heteroatoms. The SMILES string of the molecule is FC(F)(F)c1ccc2c(c1)[pH]c1ccccc12.[H-].[Li+]. The molecule has 0 aliphatic rings. The second-order valence-corrected chi connectivity index (χ2v) is 5.26. The first-order chi connectivity index (χ1) is 8.05. The zero-order chi connectivity index (χ0) is 12.0. The Balaban J connectivity index is 0.000000902. The van der Waals surface area contributed by atoms with Gasteiger partial charge in [0, 0.05) is 0 Å². The quantitative estimate of drug-likeness (QED) is 0.543. The molecule has 0 saturated carbocycles. The zero-order valence-corrected chi connectivity index (χ0v) is 10.7. The maximum atomic E-state index is 12.6. The van der Waals surface area contributed by atoms with Crippen molar-refractivity contribution in [3.63, 3.8) is 0 Å². The Morgan fingerprint density at radius 3 is 2.28 bits per heavy atom. The van der Waals surface area contributed by atoms with E-state index in [-0.39, 0.29) is 20.3 Å². The van der Waals surface area contributed by atoms with E-state index in [2.05, 4.69) is 0 Å². The van der Waals surface area contributed by atoms with E-state index in [9.17, 15) is 13.2 Å². The van der Waals surface area contributed by atoms with E-state index in [1.165, 1.54) is 6.07 Å². The fraction of sp³-hybridized carbons (Fsp3) is 0.0769. The summed E-state index contributed by atoms with van der Waals surface area (Å²) in [6.45, 7) is 0. The smallest absolute Gasteiger partial charge is 1.00 e. The predicted octanol–water partition coefficient (Wildman–Crippen LogP) is 2.16. The van der Waals surface area contributed by atoms with E-state index in [1.807, 2.05) is 24.3 Å². The molecule has 0 amide bonds. The molecule has 1 atom stereocenters. The Labute approximate surface area is 117 Å². The van der Waals surface area contributed by atoms with Gasteiger partial charge >= 0.3 is 25.0 Å². The van der Waals surface area contributed by atoms with Crippen LogP contribution in [0.3, 0.4) is 0 Å². The number of hydrogen-bond donors (Lipinski definition) is 0. The number of hydrogen-bond acceptors (Lipinski definition) is 0. The second kappa shape index (κ2) is 4.66. The van der Waals surface area contributed by atoms with E-state index < -0.39 is 11.7 Å². The molecule has 0 nitrogen and oxygen atoms in total. The van der Waals surface area contributed by atoms with Gasteiger partial charge in [-0.2, -0.15) is 13.2 Å². The summed E-state index contributed by atoms with van der Waals surface area (Å²) in [5.41, 5.74) is -0.559. The molecule has 0 saturated heterocycles. The first kappa shape index (κ1) is 13.6. The maximum Gasteiger partial charge on any atom is 1.00 e. The van der Waals surface area contributed by atoms with Crippen LogP contribution in [0.1, 0.15) is 6.99 Å². The molecule has 3 rings (SSSR count). The minimum absolute atomic E-state index is 0. The van der Waals surface area contributed by atoms with Crippen LogP contribution >= 0.6 is 8.19 Å². The van der Waals surface area contributed by atoms with Crippen molar-refractivity contribution in [2.45, 2.75) is 6.18 Å².